The Bertz CT molecular complexity index is 574. The van der Waals surface area contributed by atoms with Gasteiger partial charge >= 0.3 is 0 Å². The molecule has 0 amide bonds. The Balaban J connectivity index is 2.27. The summed E-state index contributed by atoms with van der Waals surface area (Å²) in [6, 6.07) is 6.37. The van der Waals surface area contributed by atoms with E-state index in [2.05, 4.69) is 0 Å². The monoisotopic (exact) mass is 315 g/mol. The minimum Gasteiger partial charge on any atom is -0.394 e. The quantitative estimate of drug-likeness (QED) is 0.827. The first-order valence-corrected chi connectivity index (χ1v) is 8.43. The van der Waals surface area contributed by atoms with E-state index in [0.717, 1.165) is 0 Å². The van der Waals surface area contributed by atoms with Gasteiger partial charge in [0.15, 0.2) is 0 Å². The van der Waals surface area contributed by atoms with Crippen molar-refractivity contribution in [3.63, 3.8) is 0 Å². The standard InChI is InChI=1S/C14H21NO5S/c1-2-14(17)11-4-3-5-13(8-11)21(18,19)15-6-7-20-12(9-15)10-16/h3-5,8,12,14,16-17H,2,6-7,9-10H2,1H3. The maximum atomic E-state index is 12.6. The molecule has 1 aromatic rings. The molecule has 0 bridgehead atoms. The lowest BCUT2D eigenvalue weighted by atomic mass is 10.1. The SMILES string of the molecule is CCC(O)c1cccc(S(=O)(=O)N2CCOC(CO)C2)c1. The summed E-state index contributed by atoms with van der Waals surface area (Å²) in [5.41, 5.74) is 0.588. The van der Waals surface area contributed by atoms with Crippen molar-refractivity contribution in [2.45, 2.75) is 30.4 Å². The maximum Gasteiger partial charge on any atom is 0.243 e. The van der Waals surface area contributed by atoms with E-state index in [-0.39, 0.29) is 31.2 Å². The first-order chi connectivity index (χ1) is 9.98. The molecular formula is C14H21NO5S. The van der Waals surface area contributed by atoms with E-state index in [1.807, 2.05) is 6.92 Å². The van der Waals surface area contributed by atoms with E-state index in [0.29, 0.717) is 12.0 Å². The van der Waals surface area contributed by atoms with Gasteiger partial charge < -0.3 is 14.9 Å². The lowest BCUT2D eigenvalue weighted by Crippen LogP contribution is -2.46. The molecule has 2 atom stereocenters. The van der Waals surface area contributed by atoms with Gasteiger partial charge in [-0.1, -0.05) is 19.1 Å². The molecule has 118 valence electrons. The highest BCUT2D eigenvalue weighted by Crippen LogP contribution is 2.23. The van der Waals surface area contributed by atoms with Crippen molar-refractivity contribution >= 4 is 10.0 Å². The third kappa shape index (κ3) is 3.61. The average molecular weight is 315 g/mol. The molecular weight excluding hydrogens is 294 g/mol. The highest BCUT2D eigenvalue weighted by atomic mass is 32.2. The van der Waals surface area contributed by atoms with E-state index in [9.17, 15) is 13.5 Å². The molecule has 0 radical (unpaired) electrons. The smallest absolute Gasteiger partial charge is 0.243 e. The molecule has 0 aromatic heterocycles. The third-order valence-corrected chi connectivity index (χ3v) is 5.43. The molecule has 2 N–H and O–H groups in total. The molecule has 1 fully saturated rings. The molecule has 2 rings (SSSR count). The Morgan fingerprint density at radius 3 is 2.90 bits per heavy atom. The van der Waals surface area contributed by atoms with Crippen LogP contribution in [0.4, 0.5) is 0 Å². The van der Waals surface area contributed by atoms with Crippen molar-refractivity contribution in [2.24, 2.45) is 0 Å². The van der Waals surface area contributed by atoms with Crippen molar-refractivity contribution in [3.05, 3.63) is 29.8 Å². The second kappa shape index (κ2) is 6.85. The molecule has 1 heterocycles. The van der Waals surface area contributed by atoms with Crippen LogP contribution < -0.4 is 0 Å². The zero-order valence-corrected chi connectivity index (χ0v) is 12.8. The van der Waals surface area contributed by atoms with Gasteiger partial charge in [0.1, 0.15) is 0 Å². The Hall–Kier alpha value is -0.990. The first-order valence-electron chi connectivity index (χ1n) is 6.99. The van der Waals surface area contributed by atoms with Crippen LogP contribution in [0.5, 0.6) is 0 Å². The molecule has 1 aliphatic rings. The van der Waals surface area contributed by atoms with Crippen molar-refractivity contribution < 1.29 is 23.4 Å². The van der Waals surface area contributed by atoms with Gasteiger partial charge in [0, 0.05) is 13.1 Å². The fourth-order valence-electron chi connectivity index (χ4n) is 2.29. The number of hydrogen-bond donors (Lipinski definition) is 2. The van der Waals surface area contributed by atoms with Gasteiger partial charge in [0.25, 0.3) is 0 Å². The van der Waals surface area contributed by atoms with E-state index in [4.69, 9.17) is 9.84 Å². The van der Waals surface area contributed by atoms with Crippen LogP contribution in [0.15, 0.2) is 29.2 Å². The molecule has 7 heteroatoms. The zero-order valence-electron chi connectivity index (χ0n) is 12.0. The third-order valence-electron chi connectivity index (χ3n) is 3.57. The van der Waals surface area contributed by atoms with Crippen molar-refractivity contribution in [3.8, 4) is 0 Å². The van der Waals surface area contributed by atoms with Crippen LogP contribution >= 0.6 is 0 Å². The van der Waals surface area contributed by atoms with Crippen LogP contribution in [-0.2, 0) is 14.8 Å². The van der Waals surface area contributed by atoms with Crippen LogP contribution in [-0.4, -0.2) is 55.3 Å². The number of rotatable bonds is 5. The van der Waals surface area contributed by atoms with Crippen molar-refractivity contribution in [1.29, 1.82) is 0 Å². The summed E-state index contributed by atoms with van der Waals surface area (Å²) in [4.78, 5) is 0.158. The summed E-state index contributed by atoms with van der Waals surface area (Å²) in [5, 5.41) is 19.0. The van der Waals surface area contributed by atoms with Gasteiger partial charge in [-0.25, -0.2) is 8.42 Å². The molecule has 1 aromatic carbocycles. The van der Waals surface area contributed by atoms with E-state index >= 15 is 0 Å². The molecule has 0 spiro atoms. The van der Waals surface area contributed by atoms with Crippen molar-refractivity contribution in [1.82, 2.24) is 4.31 Å². The number of sulfonamides is 1. The van der Waals surface area contributed by atoms with Crippen LogP contribution in [0.2, 0.25) is 0 Å². The van der Waals surface area contributed by atoms with E-state index in [1.54, 1.807) is 12.1 Å². The minimum absolute atomic E-state index is 0.138. The summed E-state index contributed by atoms with van der Waals surface area (Å²) >= 11 is 0. The Morgan fingerprint density at radius 2 is 2.24 bits per heavy atom. The Labute approximate surface area is 125 Å². The van der Waals surface area contributed by atoms with Crippen LogP contribution in [0.25, 0.3) is 0 Å². The Morgan fingerprint density at radius 1 is 1.48 bits per heavy atom. The number of hydrogen-bond acceptors (Lipinski definition) is 5. The number of morpholine rings is 1. The van der Waals surface area contributed by atoms with Gasteiger partial charge in [-0.2, -0.15) is 4.31 Å². The fraction of sp³-hybridized carbons (Fsp3) is 0.571. The van der Waals surface area contributed by atoms with Crippen molar-refractivity contribution in [2.75, 3.05) is 26.3 Å². The molecule has 1 saturated heterocycles. The second-order valence-electron chi connectivity index (χ2n) is 5.03. The largest absolute Gasteiger partial charge is 0.394 e. The summed E-state index contributed by atoms with van der Waals surface area (Å²) in [6.45, 7) is 2.29. The van der Waals surface area contributed by atoms with Gasteiger partial charge in [0.05, 0.1) is 30.3 Å². The minimum atomic E-state index is -3.64. The van der Waals surface area contributed by atoms with Gasteiger partial charge in [-0.15, -0.1) is 0 Å². The zero-order chi connectivity index (χ0) is 15.5. The lowest BCUT2D eigenvalue weighted by molar-refractivity contribution is -0.0304. The number of aliphatic hydroxyl groups excluding tert-OH is 2. The molecule has 0 saturated carbocycles. The normalized spacial score (nSPS) is 22.1. The van der Waals surface area contributed by atoms with Crippen LogP contribution in [0, 0.1) is 0 Å². The highest BCUT2D eigenvalue weighted by molar-refractivity contribution is 7.89. The van der Waals surface area contributed by atoms with Gasteiger partial charge in [-0.3, -0.25) is 0 Å². The summed E-state index contributed by atoms with van der Waals surface area (Å²) in [6.07, 6.45) is -0.638. The summed E-state index contributed by atoms with van der Waals surface area (Å²) < 4.78 is 31.8. The van der Waals surface area contributed by atoms with Gasteiger partial charge in [-0.05, 0) is 24.1 Å². The number of nitrogens with zero attached hydrogens (tertiary/aromatic N) is 1. The predicted octanol–water partition coefficient (Wildman–Crippen LogP) is 0.512. The maximum absolute atomic E-state index is 12.6. The second-order valence-corrected chi connectivity index (χ2v) is 6.97. The Kier molecular flexibility index (Phi) is 5.34. The molecule has 0 aliphatic carbocycles. The number of benzene rings is 1. The number of aliphatic hydroxyl groups is 2. The van der Waals surface area contributed by atoms with Crippen LogP contribution in [0.1, 0.15) is 25.0 Å². The highest BCUT2D eigenvalue weighted by Gasteiger charge is 2.30. The molecule has 6 nitrogen and oxygen atoms in total. The fourth-order valence-corrected chi connectivity index (χ4v) is 3.80. The topological polar surface area (TPSA) is 87.1 Å². The predicted molar refractivity (Wildman–Crippen MR) is 77.3 cm³/mol. The summed E-state index contributed by atoms with van der Waals surface area (Å²) in [5.74, 6) is 0. The number of ether oxygens (including phenoxy) is 1. The van der Waals surface area contributed by atoms with Gasteiger partial charge in [0.2, 0.25) is 10.0 Å². The molecule has 2 unspecified atom stereocenters. The van der Waals surface area contributed by atoms with Crippen LogP contribution in [0.3, 0.4) is 0 Å². The first kappa shape index (κ1) is 16.4. The molecule has 21 heavy (non-hydrogen) atoms. The average Bonchev–Trinajstić information content (AvgIpc) is 2.54. The lowest BCUT2D eigenvalue weighted by Gasteiger charge is -2.31. The molecule has 1 aliphatic heterocycles. The van der Waals surface area contributed by atoms with E-state index < -0.39 is 22.2 Å². The summed E-state index contributed by atoms with van der Waals surface area (Å²) in [7, 11) is -3.64. The van der Waals surface area contributed by atoms with E-state index in [1.165, 1.54) is 16.4 Å².